The van der Waals surface area contributed by atoms with E-state index in [2.05, 4.69) is 0 Å². The lowest BCUT2D eigenvalue weighted by molar-refractivity contribution is -0.385. The van der Waals surface area contributed by atoms with Gasteiger partial charge >= 0.3 is 0 Å². The number of nitrogens with zero attached hydrogens (tertiary/aromatic N) is 1. The summed E-state index contributed by atoms with van der Waals surface area (Å²) in [6.45, 7) is 0. The number of phenolic OH excluding ortho intramolecular Hbond substituents is 1. The largest absolute Gasteiger partial charge is 0.507 e. The Kier molecular flexibility index (Phi) is 2.41. The van der Waals surface area contributed by atoms with Crippen molar-refractivity contribution in [3.8, 4) is 5.75 Å². The predicted molar refractivity (Wildman–Crippen MR) is 39.7 cm³/mol. The Hall–Kier alpha value is -1.72. The van der Waals surface area contributed by atoms with Crippen LogP contribution in [0.2, 0.25) is 0 Å². The minimum Gasteiger partial charge on any atom is -0.507 e. The number of phenols is 1. The molecule has 13 heavy (non-hydrogen) atoms. The molecule has 0 radical (unpaired) electrons. The van der Waals surface area contributed by atoms with Gasteiger partial charge in [0.1, 0.15) is 5.75 Å². The van der Waals surface area contributed by atoms with Crippen molar-refractivity contribution in [2.75, 3.05) is 0 Å². The van der Waals surface area contributed by atoms with E-state index in [0.717, 1.165) is 12.1 Å². The van der Waals surface area contributed by atoms with Gasteiger partial charge in [0, 0.05) is 6.07 Å². The van der Waals surface area contributed by atoms with Crippen LogP contribution < -0.4 is 0 Å². The minimum atomic E-state index is -2.83. The van der Waals surface area contributed by atoms with E-state index < -0.39 is 28.3 Å². The summed E-state index contributed by atoms with van der Waals surface area (Å²) in [4.78, 5) is 9.37. The summed E-state index contributed by atoms with van der Waals surface area (Å²) in [5, 5.41) is 19.1. The van der Waals surface area contributed by atoms with Crippen molar-refractivity contribution in [1.82, 2.24) is 0 Å². The summed E-state index contributed by atoms with van der Waals surface area (Å²) in [6.07, 6.45) is -2.83. The van der Waals surface area contributed by atoms with Crippen LogP contribution in [0.1, 0.15) is 12.0 Å². The molecule has 4 nitrogen and oxygen atoms in total. The molecule has 0 aliphatic heterocycles. The maximum absolute atomic E-state index is 12.0. The fraction of sp³-hybridized carbons (Fsp3) is 0.143. The van der Waals surface area contributed by atoms with Gasteiger partial charge in [-0.25, -0.2) is 8.78 Å². The highest BCUT2D eigenvalue weighted by Gasteiger charge is 2.16. The van der Waals surface area contributed by atoms with E-state index in [1.165, 1.54) is 0 Å². The van der Waals surface area contributed by atoms with Gasteiger partial charge in [-0.3, -0.25) is 10.1 Å². The molecular weight excluding hydrogens is 184 g/mol. The molecule has 0 spiro atoms. The van der Waals surface area contributed by atoms with E-state index in [4.69, 9.17) is 5.11 Å². The molecule has 0 atom stereocenters. The van der Waals surface area contributed by atoms with Crippen LogP contribution in [0.5, 0.6) is 5.75 Å². The number of benzene rings is 1. The summed E-state index contributed by atoms with van der Waals surface area (Å²) < 4.78 is 24.1. The lowest BCUT2D eigenvalue weighted by Crippen LogP contribution is -1.90. The van der Waals surface area contributed by atoms with Gasteiger partial charge in [0.05, 0.1) is 16.6 Å². The topological polar surface area (TPSA) is 63.4 Å². The summed E-state index contributed by atoms with van der Waals surface area (Å²) in [6, 6.07) is 2.45. The highest BCUT2D eigenvalue weighted by Crippen LogP contribution is 2.30. The number of nitro benzene ring substituents is 1. The lowest BCUT2D eigenvalue weighted by Gasteiger charge is -2.01. The predicted octanol–water partition coefficient (Wildman–Crippen LogP) is 2.24. The van der Waals surface area contributed by atoms with E-state index in [1.54, 1.807) is 0 Å². The van der Waals surface area contributed by atoms with Crippen LogP contribution in [-0.2, 0) is 0 Å². The lowest BCUT2D eigenvalue weighted by atomic mass is 10.2. The van der Waals surface area contributed by atoms with Crippen LogP contribution in [0.15, 0.2) is 18.2 Å². The van der Waals surface area contributed by atoms with E-state index in [9.17, 15) is 18.9 Å². The zero-order valence-corrected chi connectivity index (χ0v) is 6.28. The van der Waals surface area contributed by atoms with Gasteiger partial charge in [-0.2, -0.15) is 0 Å². The van der Waals surface area contributed by atoms with Crippen LogP contribution >= 0.6 is 0 Å². The summed E-state index contributed by atoms with van der Waals surface area (Å²) in [5.74, 6) is -0.760. The number of nitro groups is 1. The van der Waals surface area contributed by atoms with Crippen LogP contribution in [0.25, 0.3) is 0 Å². The fourth-order valence-electron chi connectivity index (χ4n) is 0.830. The molecule has 0 aliphatic rings. The first kappa shape index (κ1) is 9.37. The highest BCUT2D eigenvalue weighted by molar-refractivity contribution is 5.43. The first-order chi connectivity index (χ1) is 6.02. The van der Waals surface area contributed by atoms with Crippen molar-refractivity contribution in [3.63, 3.8) is 0 Å². The van der Waals surface area contributed by atoms with Crippen LogP contribution in [0, 0.1) is 10.1 Å². The van der Waals surface area contributed by atoms with Crippen molar-refractivity contribution >= 4 is 5.69 Å². The molecule has 0 bridgehead atoms. The van der Waals surface area contributed by atoms with Crippen molar-refractivity contribution in [2.45, 2.75) is 6.43 Å². The van der Waals surface area contributed by atoms with Crippen LogP contribution in [0.3, 0.4) is 0 Å². The zero-order valence-electron chi connectivity index (χ0n) is 6.28. The van der Waals surface area contributed by atoms with Crippen molar-refractivity contribution in [3.05, 3.63) is 33.9 Å². The normalized spacial score (nSPS) is 10.4. The second kappa shape index (κ2) is 3.34. The minimum absolute atomic E-state index is 0.415. The number of alkyl halides is 2. The van der Waals surface area contributed by atoms with Crippen molar-refractivity contribution < 1.29 is 18.8 Å². The number of non-ortho nitro benzene ring substituents is 1. The Bertz CT molecular complexity index is 341. The molecule has 1 N–H and O–H groups in total. The molecule has 1 aromatic carbocycles. The molecule has 6 heteroatoms. The molecule has 0 saturated carbocycles. The number of hydrogen-bond donors (Lipinski definition) is 1. The molecule has 0 heterocycles. The van der Waals surface area contributed by atoms with E-state index in [0.29, 0.717) is 6.07 Å². The third-order valence-electron chi connectivity index (χ3n) is 1.46. The van der Waals surface area contributed by atoms with Crippen molar-refractivity contribution in [1.29, 1.82) is 0 Å². The number of halogens is 2. The molecule has 0 amide bonds. The zero-order chi connectivity index (χ0) is 10.0. The maximum Gasteiger partial charge on any atom is 0.273 e. The molecule has 1 aromatic rings. The molecule has 70 valence electrons. The molecular formula is C7H5F2NO3. The van der Waals surface area contributed by atoms with Gasteiger partial charge in [0.15, 0.2) is 0 Å². The Morgan fingerprint density at radius 3 is 2.46 bits per heavy atom. The molecule has 0 aromatic heterocycles. The number of rotatable bonds is 2. The highest BCUT2D eigenvalue weighted by atomic mass is 19.3. The smallest absolute Gasteiger partial charge is 0.273 e. The Labute approximate surface area is 71.6 Å². The molecule has 0 unspecified atom stereocenters. The number of aromatic hydroxyl groups is 1. The maximum atomic E-state index is 12.0. The SMILES string of the molecule is O=[N+]([O-])c1ccc(C(F)F)c(O)c1. The number of hydrogen-bond acceptors (Lipinski definition) is 3. The van der Waals surface area contributed by atoms with Crippen LogP contribution in [0.4, 0.5) is 14.5 Å². The quantitative estimate of drug-likeness (QED) is 0.573. The molecule has 1 rings (SSSR count). The first-order valence-electron chi connectivity index (χ1n) is 3.28. The first-order valence-corrected chi connectivity index (χ1v) is 3.28. The third-order valence-corrected chi connectivity index (χ3v) is 1.46. The monoisotopic (exact) mass is 189 g/mol. The second-order valence-electron chi connectivity index (χ2n) is 2.30. The Morgan fingerprint density at radius 1 is 1.46 bits per heavy atom. The van der Waals surface area contributed by atoms with E-state index >= 15 is 0 Å². The average Bonchev–Trinajstić information content (AvgIpc) is 2.03. The van der Waals surface area contributed by atoms with E-state index in [1.807, 2.05) is 0 Å². The fourth-order valence-corrected chi connectivity index (χ4v) is 0.830. The Morgan fingerprint density at radius 2 is 2.08 bits per heavy atom. The average molecular weight is 189 g/mol. The van der Waals surface area contributed by atoms with Gasteiger partial charge in [-0.1, -0.05) is 0 Å². The van der Waals surface area contributed by atoms with E-state index in [-0.39, 0.29) is 0 Å². The molecule has 0 aliphatic carbocycles. The van der Waals surface area contributed by atoms with Gasteiger partial charge in [0.25, 0.3) is 12.1 Å². The second-order valence-corrected chi connectivity index (χ2v) is 2.30. The van der Waals surface area contributed by atoms with Gasteiger partial charge < -0.3 is 5.11 Å². The molecule has 0 saturated heterocycles. The van der Waals surface area contributed by atoms with Crippen LogP contribution in [-0.4, -0.2) is 10.0 Å². The summed E-state index contributed by atoms with van der Waals surface area (Å²) in [7, 11) is 0. The standard InChI is InChI=1S/C7H5F2NO3/c8-7(9)5-2-1-4(10(12)13)3-6(5)11/h1-3,7,11H. The van der Waals surface area contributed by atoms with Gasteiger partial charge in [-0.15, -0.1) is 0 Å². The van der Waals surface area contributed by atoms with Crippen molar-refractivity contribution in [2.24, 2.45) is 0 Å². The summed E-state index contributed by atoms with van der Waals surface area (Å²) >= 11 is 0. The Balaban J connectivity index is 3.13. The van der Waals surface area contributed by atoms with Gasteiger partial charge in [0.2, 0.25) is 0 Å². The summed E-state index contributed by atoms with van der Waals surface area (Å²) in [5.41, 5.74) is -1.02. The third kappa shape index (κ3) is 1.90. The molecule has 0 fully saturated rings. The van der Waals surface area contributed by atoms with Gasteiger partial charge in [-0.05, 0) is 6.07 Å².